The number of rotatable bonds is 4. The fraction of sp³-hybridized carbons (Fsp3) is 0.200. The molecular weight excluding hydrogens is 328 g/mol. The number of imidazole rings is 1. The fourth-order valence-corrected chi connectivity index (χ4v) is 3.18. The number of hydrogen-bond donors (Lipinski definition) is 2. The Balaban J connectivity index is 1.68. The summed E-state index contributed by atoms with van der Waals surface area (Å²) in [4.78, 5) is 20.5. The molecule has 0 fully saturated rings. The number of fused-ring (bicyclic) bond motifs is 2. The minimum absolute atomic E-state index is 0.220. The number of carbonyl (C=O) groups excluding carboxylic acids is 1. The summed E-state index contributed by atoms with van der Waals surface area (Å²) in [5.41, 5.74) is 4.40. The van der Waals surface area contributed by atoms with Gasteiger partial charge in [-0.25, -0.2) is 4.98 Å². The van der Waals surface area contributed by atoms with E-state index in [1.807, 2.05) is 60.9 Å². The van der Waals surface area contributed by atoms with Crippen LogP contribution in [0.3, 0.4) is 0 Å². The number of amides is 1. The average Bonchev–Trinajstić information content (AvgIpc) is 3.21. The van der Waals surface area contributed by atoms with Crippen LogP contribution >= 0.6 is 0 Å². The van der Waals surface area contributed by atoms with Crippen LogP contribution in [0.1, 0.15) is 23.0 Å². The first-order valence-corrected chi connectivity index (χ1v) is 8.54. The van der Waals surface area contributed by atoms with Crippen LogP contribution in [0.15, 0.2) is 42.5 Å². The molecule has 0 bridgehead atoms. The minimum Gasteiger partial charge on any atom is -0.497 e. The third-order valence-corrected chi connectivity index (χ3v) is 4.52. The molecule has 6 heteroatoms. The molecule has 132 valence electrons. The second-order valence-electron chi connectivity index (χ2n) is 6.26. The summed E-state index contributed by atoms with van der Waals surface area (Å²) in [7, 11) is 1.62. The number of ether oxygens (including phenoxy) is 1. The molecule has 0 spiro atoms. The van der Waals surface area contributed by atoms with Gasteiger partial charge >= 0.3 is 0 Å². The van der Waals surface area contributed by atoms with Crippen molar-refractivity contribution in [2.45, 2.75) is 20.4 Å². The number of H-pyrrole nitrogens is 1. The number of nitrogens with one attached hydrogen (secondary N) is 2. The van der Waals surface area contributed by atoms with E-state index in [9.17, 15) is 4.79 Å². The zero-order chi connectivity index (χ0) is 18.3. The Labute approximate surface area is 150 Å². The number of carbonyl (C=O) groups is 1. The van der Waals surface area contributed by atoms with Gasteiger partial charge in [-0.2, -0.15) is 0 Å². The standard InChI is InChI=1S/C20H20N4O2/c1-4-24-18-8-5-12(2)9-16(18)22-20(24)23-19(25)17-11-13-10-14(26-3)6-7-15(13)21-17/h5-11,21H,4H2,1-3H3,(H,22,23,25). The molecule has 0 atom stereocenters. The molecule has 0 radical (unpaired) electrons. The maximum Gasteiger partial charge on any atom is 0.274 e. The van der Waals surface area contributed by atoms with Gasteiger partial charge in [-0.15, -0.1) is 0 Å². The van der Waals surface area contributed by atoms with Gasteiger partial charge in [0.2, 0.25) is 5.95 Å². The smallest absolute Gasteiger partial charge is 0.274 e. The first-order valence-electron chi connectivity index (χ1n) is 8.54. The summed E-state index contributed by atoms with van der Waals surface area (Å²) in [5, 5.41) is 3.85. The quantitative estimate of drug-likeness (QED) is 0.583. The van der Waals surface area contributed by atoms with E-state index in [-0.39, 0.29) is 5.91 Å². The summed E-state index contributed by atoms with van der Waals surface area (Å²) in [6.07, 6.45) is 0. The third-order valence-electron chi connectivity index (χ3n) is 4.52. The number of aromatic amines is 1. The van der Waals surface area contributed by atoms with Gasteiger partial charge in [-0.1, -0.05) is 6.07 Å². The number of aryl methyl sites for hydroxylation is 2. The first-order chi connectivity index (χ1) is 12.6. The van der Waals surface area contributed by atoms with Crippen molar-refractivity contribution < 1.29 is 9.53 Å². The predicted molar refractivity (Wildman–Crippen MR) is 103 cm³/mol. The molecule has 1 amide bonds. The lowest BCUT2D eigenvalue weighted by Crippen LogP contribution is -2.16. The first kappa shape index (κ1) is 16.2. The molecule has 6 nitrogen and oxygen atoms in total. The highest BCUT2D eigenvalue weighted by molar-refractivity contribution is 6.05. The summed E-state index contributed by atoms with van der Waals surface area (Å²) in [5.74, 6) is 1.09. The zero-order valence-electron chi connectivity index (χ0n) is 15.0. The summed E-state index contributed by atoms with van der Waals surface area (Å²) >= 11 is 0. The number of nitrogens with zero attached hydrogens (tertiary/aromatic N) is 2. The lowest BCUT2D eigenvalue weighted by atomic mass is 10.2. The lowest BCUT2D eigenvalue weighted by Gasteiger charge is -2.06. The largest absolute Gasteiger partial charge is 0.497 e. The van der Waals surface area contributed by atoms with E-state index in [4.69, 9.17) is 4.74 Å². The fourth-order valence-electron chi connectivity index (χ4n) is 3.18. The summed E-state index contributed by atoms with van der Waals surface area (Å²) in [6.45, 7) is 4.78. The maximum absolute atomic E-state index is 12.7. The molecule has 0 aliphatic carbocycles. The van der Waals surface area contributed by atoms with Crippen LogP contribution in [0.2, 0.25) is 0 Å². The van der Waals surface area contributed by atoms with E-state index in [1.54, 1.807) is 7.11 Å². The van der Waals surface area contributed by atoms with E-state index >= 15 is 0 Å². The van der Waals surface area contributed by atoms with Crippen molar-refractivity contribution in [3.05, 3.63) is 53.7 Å². The van der Waals surface area contributed by atoms with Crippen LogP contribution in [0, 0.1) is 6.92 Å². The Morgan fingerprint density at radius 1 is 1.23 bits per heavy atom. The van der Waals surface area contributed by atoms with Gasteiger partial charge < -0.3 is 14.3 Å². The van der Waals surface area contributed by atoms with Crippen molar-refractivity contribution in [3.8, 4) is 5.75 Å². The highest BCUT2D eigenvalue weighted by Gasteiger charge is 2.15. The molecule has 2 N–H and O–H groups in total. The van der Waals surface area contributed by atoms with E-state index in [1.165, 1.54) is 0 Å². The summed E-state index contributed by atoms with van der Waals surface area (Å²) in [6, 6.07) is 13.6. The van der Waals surface area contributed by atoms with Gasteiger partial charge in [0.1, 0.15) is 11.4 Å². The Morgan fingerprint density at radius 2 is 2.08 bits per heavy atom. The number of anilines is 1. The van der Waals surface area contributed by atoms with Crippen LogP contribution in [-0.2, 0) is 6.54 Å². The molecule has 2 heterocycles. The van der Waals surface area contributed by atoms with Crippen molar-refractivity contribution in [1.29, 1.82) is 0 Å². The molecule has 0 saturated carbocycles. The van der Waals surface area contributed by atoms with Crippen LogP contribution in [0.4, 0.5) is 5.95 Å². The van der Waals surface area contributed by atoms with E-state index in [2.05, 4.69) is 15.3 Å². The Morgan fingerprint density at radius 3 is 2.85 bits per heavy atom. The normalized spacial score (nSPS) is 11.2. The number of aromatic nitrogens is 3. The van der Waals surface area contributed by atoms with Crippen molar-refractivity contribution in [2.75, 3.05) is 12.4 Å². The van der Waals surface area contributed by atoms with E-state index in [0.717, 1.165) is 39.8 Å². The van der Waals surface area contributed by atoms with Crippen molar-refractivity contribution in [2.24, 2.45) is 0 Å². The summed E-state index contributed by atoms with van der Waals surface area (Å²) < 4.78 is 7.23. The molecule has 2 aromatic heterocycles. The van der Waals surface area contributed by atoms with Gasteiger partial charge in [0.15, 0.2) is 0 Å². The minimum atomic E-state index is -0.220. The third kappa shape index (κ3) is 2.69. The molecule has 0 saturated heterocycles. The zero-order valence-corrected chi connectivity index (χ0v) is 15.0. The molecule has 0 unspecified atom stereocenters. The van der Waals surface area contributed by atoms with E-state index < -0.39 is 0 Å². The molecule has 4 rings (SSSR count). The molecule has 4 aromatic rings. The average molecular weight is 348 g/mol. The Hall–Kier alpha value is -3.28. The number of hydrogen-bond acceptors (Lipinski definition) is 3. The second-order valence-corrected chi connectivity index (χ2v) is 6.26. The number of methoxy groups -OCH3 is 1. The van der Waals surface area contributed by atoms with Gasteiger partial charge in [0.05, 0.1) is 18.1 Å². The molecule has 0 aliphatic rings. The Bertz CT molecular complexity index is 1120. The second kappa shape index (κ2) is 6.22. The highest BCUT2D eigenvalue weighted by atomic mass is 16.5. The van der Waals surface area contributed by atoms with Gasteiger partial charge in [0.25, 0.3) is 5.91 Å². The van der Waals surface area contributed by atoms with E-state index in [0.29, 0.717) is 11.6 Å². The number of benzene rings is 2. The van der Waals surface area contributed by atoms with Gasteiger partial charge in [0, 0.05) is 17.4 Å². The lowest BCUT2D eigenvalue weighted by molar-refractivity contribution is 0.102. The molecule has 0 aliphatic heterocycles. The van der Waals surface area contributed by atoms with Crippen LogP contribution in [0.5, 0.6) is 5.75 Å². The molecule has 26 heavy (non-hydrogen) atoms. The van der Waals surface area contributed by atoms with Crippen LogP contribution in [-0.4, -0.2) is 27.6 Å². The van der Waals surface area contributed by atoms with Crippen molar-refractivity contribution in [3.63, 3.8) is 0 Å². The topological polar surface area (TPSA) is 71.9 Å². The SMILES string of the molecule is CCn1c(NC(=O)c2cc3cc(OC)ccc3[nH]2)nc2cc(C)ccc21. The van der Waals surface area contributed by atoms with Crippen LogP contribution < -0.4 is 10.1 Å². The maximum atomic E-state index is 12.7. The van der Waals surface area contributed by atoms with Crippen LogP contribution in [0.25, 0.3) is 21.9 Å². The highest BCUT2D eigenvalue weighted by Crippen LogP contribution is 2.24. The monoisotopic (exact) mass is 348 g/mol. The predicted octanol–water partition coefficient (Wildman–Crippen LogP) is 4.11. The molecule has 2 aromatic carbocycles. The Kier molecular flexibility index (Phi) is 3.88. The molecular formula is C20H20N4O2. The van der Waals surface area contributed by atoms with Gasteiger partial charge in [-0.3, -0.25) is 10.1 Å². The van der Waals surface area contributed by atoms with Crippen molar-refractivity contribution >= 4 is 33.8 Å². The van der Waals surface area contributed by atoms with Gasteiger partial charge in [-0.05, 0) is 55.8 Å². The van der Waals surface area contributed by atoms with Crippen molar-refractivity contribution in [1.82, 2.24) is 14.5 Å².